The SMILES string of the molecule is O=C(N[C@H]1COC[C@H]1Cc1ccncc1)c1nc2c(s1)CCCC2. The number of hydrogen-bond donors (Lipinski definition) is 1. The predicted molar refractivity (Wildman–Crippen MR) is 92.3 cm³/mol. The minimum absolute atomic E-state index is 0.0478. The summed E-state index contributed by atoms with van der Waals surface area (Å²) in [5.41, 5.74) is 2.36. The lowest BCUT2D eigenvalue weighted by molar-refractivity contribution is 0.0924. The zero-order chi connectivity index (χ0) is 16.4. The van der Waals surface area contributed by atoms with Crippen LogP contribution in [0, 0.1) is 5.92 Å². The number of rotatable bonds is 4. The fourth-order valence-corrected chi connectivity index (χ4v) is 4.51. The fraction of sp³-hybridized carbons (Fsp3) is 0.500. The molecule has 24 heavy (non-hydrogen) atoms. The summed E-state index contributed by atoms with van der Waals surface area (Å²) >= 11 is 1.56. The normalized spacial score (nSPS) is 23.0. The maximum absolute atomic E-state index is 12.6. The predicted octanol–water partition coefficient (Wildman–Crippen LogP) is 2.40. The third kappa shape index (κ3) is 3.35. The van der Waals surface area contributed by atoms with Crippen molar-refractivity contribution in [2.45, 2.75) is 38.1 Å². The van der Waals surface area contributed by atoms with Crippen LogP contribution in [0.25, 0.3) is 0 Å². The van der Waals surface area contributed by atoms with Crippen LogP contribution in [0.3, 0.4) is 0 Å². The van der Waals surface area contributed by atoms with Gasteiger partial charge in [-0.1, -0.05) is 0 Å². The Morgan fingerprint density at radius 1 is 1.25 bits per heavy atom. The molecule has 3 heterocycles. The zero-order valence-electron chi connectivity index (χ0n) is 13.5. The van der Waals surface area contributed by atoms with Gasteiger partial charge in [0.15, 0.2) is 5.01 Å². The first-order valence-corrected chi connectivity index (χ1v) is 9.37. The number of hydrogen-bond acceptors (Lipinski definition) is 5. The van der Waals surface area contributed by atoms with Gasteiger partial charge in [0.1, 0.15) is 0 Å². The Kier molecular flexibility index (Phi) is 4.58. The van der Waals surface area contributed by atoms with E-state index in [1.54, 1.807) is 23.7 Å². The van der Waals surface area contributed by atoms with Gasteiger partial charge >= 0.3 is 0 Å². The van der Waals surface area contributed by atoms with Gasteiger partial charge in [0.25, 0.3) is 5.91 Å². The van der Waals surface area contributed by atoms with Crippen LogP contribution < -0.4 is 5.32 Å². The number of nitrogens with zero attached hydrogens (tertiary/aromatic N) is 2. The molecule has 1 fully saturated rings. The van der Waals surface area contributed by atoms with E-state index in [1.807, 2.05) is 12.1 Å². The number of aryl methyl sites for hydroxylation is 2. The van der Waals surface area contributed by atoms with Crippen LogP contribution in [-0.2, 0) is 24.0 Å². The molecule has 126 valence electrons. The Balaban J connectivity index is 1.42. The first-order valence-electron chi connectivity index (χ1n) is 8.55. The van der Waals surface area contributed by atoms with Crippen molar-refractivity contribution in [3.05, 3.63) is 45.7 Å². The first-order chi connectivity index (χ1) is 11.8. The molecule has 2 aromatic rings. The Hall–Kier alpha value is -1.79. The van der Waals surface area contributed by atoms with Gasteiger partial charge in [-0.15, -0.1) is 11.3 Å². The largest absolute Gasteiger partial charge is 0.379 e. The quantitative estimate of drug-likeness (QED) is 0.926. The molecule has 6 heteroatoms. The highest BCUT2D eigenvalue weighted by Crippen LogP contribution is 2.27. The molecule has 0 radical (unpaired) electrons. The summed E-state index contributed by atoms with van der Waals surface area (Å²) in [5, 5.41) is 3.75. The highest BCUT2D eigenvalue weighted by atomic mass is 32.1. The van der Waals surface area contributed by atoms with Crippen LogP contribution in [0.15, 0.2) is 24.5 Å². The van der Waals surface area contributed by atoms with Crippen molar-refractivity contribution < 1.29 is 9.53 Å². The van der Waals surface area contributed by atoms with Gasteiger partial charge in [-0.3, -0.25) is 9.78 Å². The van der Waals surface area contributed by atoms with Crippen molar-refractivity contribution in [3.63, 3.8) is 0 Å². The molecule has 1 aliphatic heterocycles. The van der Waals surface area contributed by atoms with Crippen LogP contribution in [-0.4, -0.2) is 35.1 Å². The highest BCUT2D eigenvalue weighted by molar-refractivity contribution is 7.13. The van der Waals surface area contributed by atoms with Crippen molar-refractivity contribution in [1.82, 2.24) is 15.3 Å². The molecule has 0 saturated carbocycles. The van der Waals surface area contributed by atoms with Crippen LogP contribution >= 0.6 is 11.3 Å². The minimum Gasteiger partial charge on any atom is -0.379 e. The maximum Gasteiger partial charge on any atom is 0.280 e. The standard InChI is InChI=1S/C18H21N3O2S/c22-17(18-21-14-3-1-2-4-16(14)24-18)20-15-11-23-10-13(15)9-12-5-7-19-8-6-12/h5-8,13,15H,1-4,9-11H2,(H,20,22)/t13-,15+/m1/s1. The maximum atomic E-state index is 12.6. The zero-order valence-corrected chi connectivity index (χ0v) is 14.3. The van der Waals surface area contributed by atoms with Crippen molar-refractivity contribution in [2.24, 2.45) is 5.92 Å². The van der Waals surface area contributed by atoms with Gasteiger partial charge < -0.3 is 10.1 Å². The molecule has 2 aliphatic rings. The molecule has 0 spiro atoms. The number of nitrogens with one attached hydrogen (secondary N) is 1. The summed E-state index contributed by atoms with van der Waals surface area (Å²) < 4.78 is 5.61. The van der Waals surface area contributed by atoms with Crippen molar-refractivity contribution >= 4 is 17.2 Å². The van der Waals surface area contributed by atoms with Gasteiger partial charge in [-0.2, -0.15) is 0 Å². The third-order valence-corrected chi connectivity index (χ3v) is 5.96. The summed E-state index contributed by atoms with van der Waals surface area (Å²) in [5.74, 6) is 0.246. The first kappa shape index (κ1) is 15.7. The lowest BCUT2D eigenvalue weighted by Crippen LogP contribution is -2.40. The number of carbonyl (C=O) groups excluding carboxylic acids is 1. The molecule has 0 aromatic carbocycles. The molecule has 1 N–H and O–H groups in total. The van der Waals surface area contributed by atoms with E-state index in [9.17, 15) is 4.79 Å². The second kappa shape index (κ2) is 6.99. The van der Waals surface area contributed by atoms with E-state index >= 15 is 0 Å². The monoisotopic (exact) mass is 343 g/mol. The molecule has 4 rings (SSSR count). The van der Waals surface area contributed by atoms with Gasteiger partial charge in [-0.25, -0.2) is 4.98 Å². The molecule has 1 amide bonds. The van der Waals surface area contributed by atoms with Crippen molar-refractivity contribution in [2.75, 3.05) is 13.2 Å². The average molecular weight is 343 g/mol. The lowest BCUT2D eigenvalue weighted by atomic mass is 9.95. The average Bonchev–Trinajstić information content (AvgIpc) is 3.23. The van der Waals surface area contributed by atoms with Crippen LogP contribution in [0.5, 0.6) is 0 Å². The number of thiazole rings is 1. The number of aromatic nitrogens is 2. The Labute approximate surface area is 145 Å². The van der Waals surface area contributed by atoms with Crippen LogP contribution in [0.1, 0.15) is 38.8 Å². The molecular formula is C18H21N3O2S. The van der Waals surface area contributed by atoms with E-state index in [2.05, 4.69) is 15.3 Å². The van der Waals surface area contributed by atoms with E-state index in [-0.39, 0.29) is 11.9 Å². The summed E-state index contributed by atoms with van der Waals surface area (Å²) in [6.07, 6.45) is 8.97. The molecule has 1 aliphatic carbocycles. The second-order valence-corrected chi connectivity index (χ2v) is 7.62. The number of ether oxygens (including phenoxy) is 1. The van der Waals surface area contributed by atoms with E-state index in [4.69, 9.17) is 4.74 Å². The van der Waals surface area contributed by atoms with Crippen LogP contribution in [0.2, 0.25) is 0 Å². The number of fused-ring (bicyclic) bond motifs is 1. The number of pyridine rings is 1. The van der Waals surface area contributed by atoms with Gasteiger partial charge in [0.2, 0.25) is 0 Å². The van der Waals surface area contributed by atoms with Gasteiger partial charge in [0, 0.05) is 23.2 Å². The van der Waals surface area contributed by atoms with E-state index < -0.39 is 0 Å². The molecule has 0 unspecified atom stereocenters. The topological polar surface area (TPSA) is 64.1 Å². The molecule has 2 atom stereocenters. The summed E-state index contributed by atoms with van der Waals surface area (Å²) in [4.78, 5) is 22.5. The number of amides is 1. The van der Waals surface area contributed by atoms with Gasteiger partial charge in [-0.05, 0) is 49.8 Å². The van der Waals surface area contributed by atoms with E-state index in [0.29, 0.717) is 24.1 Å². The molecule has 0 bridgehead atoms. The van der Waals surface area contributed by atoms with Crippen molar-refractivity contribution in [3.8, 4) is 0 Å². The second-order valence-electron chi connectivity index (χ2n) is 6.53. The van der Waals surface area contributed by atoms with E-state index in [0.717, 1.165) is 25.0 Å². The lowest BCUT2D eigenvalue weighted by Gasteiger charge is -2.18. The van der Waals surface area contributed by atoms with Crippen molar-refractivity contribution in [1.29, 1.82) is 0 Å². The van der Waals surface area contributed by atoms with Crippen LogP contribution in [0.4, 0.5) is 0 Å². The molecule has 5 nitrogen and oxygen atoms in total. The fourth-order valence-electron chi connectivity index (χ4n) is 3.46. The third-order valence-electron chi connectivity index (χ3n) is 4.80. The highest BCUT2D eigenvalue weighted by Gasteiger charge is 2.31. The molecule has 2 aromatic heterocycles. The Bertz CT molecular complexity index is 693. The molecular weight excluding hydrogens is 322 g/mol. The summed E-state index contributed by atoms with van der Waals surface area (Å²) in [6, 6.07) is 4.09. The minimum atomic E-state index is -0.0513. The Morgan fingerprint density at radius 3 is 2.92 bits per heavy atom. The Morgan fingerprint density at radius 2 is 2.08 bits per heavy atom. The molecule has 1 saturated heterocycles. The smallest absolute Gasteiger partial charge is 0.280 e. The summed E-state index contributed by atoms with van der Waals surface area (Å²) in [7, 11) is 0. The van der Waals surface area contributed by atoms with Gasteiger partial charge in [0.05, 0.1) is 24.9 Å². The number of carbonyl (C=O) groups is 1. The summed E-state index contributed by atoms with van der Waals surface area (Å²) in [6.45, 7) is 1.26. The van der Waals surface area contributed by atoms with E-state index in [1.165, 1.54) is 23.3 Å².